The highest BCUT2D eigenvalue weighted by Crippen LogP contribution is 2.22. The van der Waals surface area contributed by atoms with Gasteiger partial charge in [-0.1, -0.05) is 25.7 Å². The Kier molecular flexibility index (Phi) is 6.80. The Morgan fingerprint density at radius 1 is 1.04 bits per heavy atom. The van der Waals surface area contributed by atoms with Crippen LogP contribution in [0.1, 0.15) is 57.8 Å². The third kappa shape index (κ3) is 5.16. The first-order chi connectivity index (χ1) is 12.7. The standard InChI is InChI=1S/C19H28N4O3/c24-17(22-15-8-3-1-2-4-9-15)14-26-18(25)16-10-5-6-13-23(16)19-20-11-7-12-21-19/h7,11-12,15-16H,1-6,8-10,13-14H2,(H,22,24). The number of amides is 1. The molecule has 7 nitrogen and oxygen atoms in total. The van der Waals surface area contributed by atoms with Crippen LogP contribution in [0, 0.1) is 0 Å². The normalized spacial score (nSPS) is 21.7. The lowest BCUT2D eigenvalue weighted by Gasteiger charge is -2.33. The van der Waals surface area contributed by atoms with Crippen LogP contribution in [0.25, 0.3) is 0 Å². The summed E-state index contributed by atoms with van der Waals surface area (Å²) >= 11 is 0. The Morgan fingerprint density at radius 2 is 1.73 bits per heavy atom. The van der Waals surface area contributed by atoms with E-state index < -0.39 is 6.04 Å². The topological polar surface area (TPSA) is 84.4 Å². The van der Waals surface area contributed by atoms with Crippen LogP contribution in [-0.4, -0.2) is 47.1 Å². The molecule has 1 aromatic rings. The van der Waals surface area contributed by atoms with Gasteiger partial charge in [0.1, 0.15) is 6.04 Å². The highest BCUT2D eigenvalue weighted by Gasteiger charge is 2.32. The van der Waals surface area contributed by atoms with E-state index in [1.165, 1.54) is 12.8 Å². The van der Waals surface area contributed by atoms with Crippen molar-refractivity contribution in [1.82, 2.24) is 15.3 Å². The minimum absolute atomic E-state index is 0.205. The molecule has 1 saturated heterocycles. The smallest absolute Gasteiger partial charge is 0.329 e. The summed E-state index contributed by atoms with van der Waals surface area (Å²) in [5.41, 5.74) is 0. The van der Waals surface area contributed by atoms with E-state index in [0.717, 1.165) is 45.1 Å². The number of anilines is 1. The number of aromatic nitrogens is 2. The number of carbonyl (C=O) groups excluding carboxylic acids is 2. The van der Waals surface area contributed by atoms with E-state index in [-0.39, 0.29) is 24.5 Å². The fourth-order valence-corrected chi connectivity index (χ4v) is 3.78. The van der Waals surface area contributed by atoms with Gasteiger partial charge in [0.25, 0.3) is 5.91 Å². The first-order valence-electron chi connectivity index (χ1n) is 9.74. The zero-order valence-corrected chi connectivity index (χ0v) is 15.2. The van der Waals surface area contributed by atoms with Gasteiger partial charge in [0.15, 0.2) is 6.61 Å². The summed E-state index contributed by atoms with van der Waals surface area (Å²) in [6.07, 6.45) is 12.8. The molecule has 1 unspecified atom stereocenters. The molecule has 1 N–H and O–H groups in total. The van der Waals surface area contributed by atoms with Crippen molar-refractivity contribution in [1.29, 1.82) is 0 Å². The first kappa shape index (κ1) is 18.6. The van der Waals surface area contributed by atoms with E-state index in [1.807, 2.05) is 4.90 Å². The molecule has 1 amide bonds. The molecule has 1 atom stereocenters. The fourth-order valence-electron chi connectivity index (χ4n) is 3.78. The van der Waals surface area contributed by atoms with Crippen LogP contribution in [-0.2, 0) is 14.3 Å². The molecule has 0 spiro atoms. The maximum Gasteiger partial charge on any atom is 0.329 e. The van der Waals surface area contributed by atoms with Crippen molar-refractivity contribution < 1.29 is 14.3 Å². The second-order valence-electron chi connectivity index (χ2n) is 7.12. The van der Waals surface area contributed by atoms with E-state index in [1.54, 1.807) is 18.5 Å². The number of nitrogens with one attached hydrogen (secondary N) is 1. The summed E-state index contributed by atoms with van der Waals surface area (Å²) in [5, 5.41) is 3.01. The van der Waals surface area contributed by atoms with E-state index in [4.69, 9.17) is 4.74 Å². The van der Waals surface area contributed by atoms with Crippen molar-refractivity contribution in [3.05, 3.63) is 18.5 Å². The van der Waals surface area contributed by atoms with Crippen LogP contribution in [0.5, 0.6) is 0 Å². The zero-order valence-electron chi connectivity index (χ0n) is 15.2. The van der Waals surface area contributed by atoms with Gasteiger partial charge in [0, 0.05) is 25.0 Å². The number of hydrogen-bond donors (Lipinski definition) is 1. The van der Waals surface area contributed by atoms with Gasteiger partial charge in [-0.15, -0.1) is 0 Å². The molecule has 0 aromatic carbocycles. The molecule has 1 saturated carbocycles. The molecule has 0 bridgehead atoms. The largest absolute Gasteiger partial charge is 0.454 e. The number of rotatable bonds is 5. The van der Waals surface area contributed by atoms with Crippen molar-refractivity contribution in [2.45, 2.75) is 69.9 Å². The maximum atomic E-state index is 12.5. The van der Waals surface area contributed by atoms with Crippen LogP contribution in [0.15, 0.2) is 18.5 Å². The second kappa shape index (κ2) is 9.50. The summed E-state index contributed by atoms with van der Waals surface area (Å²) in [6.45, 7) is 0.507. The number of esters is 1. The van der Waals surface area contributed by atoms with Crippen molar-refractivity contribution in [2.24, 2.45) is 0 Å². The monoisotopic (exact) mass is 360 g/mol. The molecule has 2 heterocycles. The lowest BCUT2D eigenvalue weighted by molar-refractivity contribution is -0.150. The highest BCUT2D eigenvalue weighted by molar-refractivity contribution is 5.84. The van der Waals surface area contributed by atoms with Crippen LogP contribution >= 0.6 is 0 Å². The molecule has 0 radical (unpaired) electrons. The van der Waals surface area contributed by atoms with Gasteiger partial charge in [0.05, 0.1) is 0 Å². The van der Waals surface area contributed by atoms with Gasteiger partial charge in [-0.25, -0.2) is 14.8 Å². The van der Waals surface area contributed by atoms with Crippen molar-refractivity contribution in [2.75, 3.05) is 18.1 Å². The number of ether oxygens (including phenoxy) is 1. The zero-order chi connectivity index (χ0) is 18.2. The maximum absolute atomic E-state index is 12.5. The molecule has 1 aromatic heterocycles. The molecule has 1 aliphatic heterocycles. The number of nitrogens with zero attached hydrogens (tertiary/aromatic N) is 3. The highest BCUT2D eigenvalue weighted by atomic mass is 16.5. The molecule has 3 rings (SSSR count). The minimum Gasteiger partial charge on any atom is -0.454 e. The Balaban J connectivity index is 1.50. The van der Waals surface area contributed by atoms with Crippen LogP contribution < -0.4 is 10.2 Å². The van der Waals surface area contributed by atoms with Crippen molar-refractivity contribution in [3.63, 3.8) is 0 Å². The average Bonchev–Trinajstić information content (AvgIpc) is 2.95. The summed E-state index contributed by atoms with van der Waals surface area (Å²) < 4.78 is 5.32. The Hall–Kier alpha value is -2.18. The van der Waals surface area contributed by atoms with Gasteiger partial charge >= 0.3 is 5.97 Å². The summed E-state index contributed by atoms with van der Waals surface area (Å²) in [6, 6.07) is 1.54. The SMILES string of the molecule is O=C(COC(=O)C1CCCCN1c1ncccn1)NC1CCCCCC1. The second-order valence-corrected chi connectivity index (χ2v) is 7.12. The van der Waals surface area contributed by atoms with Crippen LogP contribution in [0.3, 0.4) is 0 Å². The van der Waals surface area contributed by atoms with Crippen molar-refractivity contribution in [3.8, 4) is 0 Å². The van der Waals surface area contributed by atoms with E-state index in [9.17, 15) is 9.59 Å². The average molecular weight is 360 g/mol. The molecule has 2 fully saturated rings. The van der Waals surface area contributed by atoms with Gasteiger partial charge in [-0.3, -0.25) is 4.79 Å². The number of carbonyl (C=O) groups is 2. The Labute approximate surface area is 154 Å². The summed E-state index contributed by atoms with van der Waals surface area (Å²) in [5.74, 6) is -0.0335. The lowest BCUT2D eigenvalue weighted by atomic mass is 10.0. The lowest BCUT2D eigenvalue weighted by Crippen LogP contribution is -2.47. The first-order valence-corrected chi connectivity index (χ1v) is 9.74. The molecule has 2 aliphatic rings. The van der Waals surface area contributed by atoms with Crippen molar-refractivity contribution >= 4 is 17.8 Å². The van der Waals surface area contributed by atoms with E-state index in [2.05, 4.69) is 15.3 Å². The Bertz CT molecular complexity index is 588. The molecule has 1 aliphatic carbocycles. The van der Waals surface area contributed by atoms with Crippen LogP contribution in [0.4, 0.5) is 5.95 Å². The predicted molar refractivity (Wildman–Crippen MR) is 97.6 cm³/mol. The third-order valence-electron chi connectivity index (χ3n) is 5.15. The minimum atomic E-state index is -0.420. The van der Waals surface area contributed by atoms with Gasteiger partial charge < -0.3 is 15.0 Å². The van der Waals surface area contributed by atoms with E-state index in [0.29, 0.717) is 12.4 Å². The predicted octanol–water partition coefficient (Wildman–Crippen LogP) is 2.22. The van der Waals surface area contributed by atoms with Gasteiger partial charge in [-0.2, -0.15) is 0 Å². The quantitative estimate of drug-likeness (QED) is 0.640. The molecule has 142 valence electrons. The Morgan fingerprint density at radius 3 is 2.46 bits per heavy atom. The third-order valence-corrected chi connectivity index (χ3v) is 5.15. The fraction of sp³-hybridized carbons (Fsp3) is 0.684. The summed E-state index contributed by atoms with van der Waals surface area (Å²) in [7, 11) is 0. The summed E-state index contributed by atoms with van der Waals surface area (Å²) in [4.78, 5) is 35.0. The number of hydrogen-bond acceptors (Lipinski definition) is 6. The molecular weight excluding hydrogens is 332 g/mol. The number of piperidine rings is 1. The van der Waals surface area contributed by atoms with E-state index >= 15 is 0 Å². The molecule has 26 heavy (non-hydrogen) atoms. The van der Waals surface area contributed by atoms with Crippen LogP contribution in [0.2, 0.25) is 0 Å². The molecule has 7 heteroatoms. The molecular formula is C19H28N4O3. The van der Waals surface area contributed by atoms with Gasteiger partial charge in [-0.05, 0) is 38.2 Å². The van der Waals surface area contributed by atoms with Gasteiger partial charge in [0.2, 0.25) is 5.95 Å².